The van der Waals surface area contributed by atoms with Gasteiger partial charge in [-0.1, -0.05) is 24.3 Å². The number of rotatable bonds is 10. The summed E-state index contributed by atoms with van der Waals surface area (Å²) in [6, 6.07) is 18.7. The third-order valence-corrected chi connectivity index (χ3v) is 7.61. The molecule has 0 saturated carbocycles. The summed E-state index contributed by atoms with van der Waals surface area (Å²) >= 11 is 0.747. The number of amides is 3. The van der Waals surface area contributed by atoms with Crippen molar-refractivity contribution >= 4 is 52.6 Å². The first kappa shape index (κ1) is 36.1. The summed E-state index contributed by atoms with van der Waals surface area (Å²) in [6.45, 7) is 1.22. The van der Waals surface area contributed by atoms with Crippen LogP contribution in [0.15, 0.2) is 89.5 Å². The molecular weight excluding hydrogens is 685 g/mol. The third kappa shape index (κ3) is 8.81. The summed E-state index contributed by atoms with van der Waals surface area (Å²) in [5.74, 6) is -13.0. The van der Waals surface area contributed by atoms with Gasteiger partial charge >= 0.3 is 6.18 Å². The lowest BCUT2D eigenvalue weighted by Gasteiger charge is -2.17. The van der Waals surface area contributed by atoms with Gasteiger partial charge in [-0.15, -0.1) is 11.8 Å². The van der Waals surface area contributed by atoms with E-state index in [0.29, 0.717) is 5.56 Å². The SMILES string of the molecule is CC(Sc1cccc(NC(=O)/C(=C\c2ccc([N+](=O)[O-])cc2)NC(=O)c2ccccc2)c1)C(=O)Nc1c(F)c(F)c(C(F)(F)F)c(F)c1F. The van der Waals surface area contributed by atoms with Crippen LogP contribution in [-0.2, 0) is 15.8 Å². The lowest BCUT2D eigenvalue weighted by Crippen LogP contribution is -2.30. The minimum Gasteiger partial charge on any atom is -0.321 e. The van der Waals surface area contributed by atoms with E-state index in [-0.39, 0.29) is 27.5 Å². The molecule has 0 bridgehead atoms. The average molecular weight is 707 g/mol. The summed E-state index contributed by atoms with van der Waals surface area (Å²) in [5.41, 5.74) is -4.31. The van der Waals surface area contributed by atoms with Gasteiger partial charge < -0.3 is 16.0 Å². The minimum atomic E-state index is -5.75. The Labute approximate surface area is 276 Å². The molecular formula is C32H21F7N4O5S. The smallest absolute Gasteiger partial charge is 0.321 e. The Morgan fingerprint density at radius 2 is 1.45 bits per heavy atom. The van der Waals surface area contributed by atoms with E-state index >= 15 is 0 Å². The number of non-ortho nitro benzene ring substituents is 1. The number of carbonyl (C=O) groups excluding carboxylic acids is 3. The van der Waals surface area contributed by atoms with Crippen LogP contribution in [0, 0.1) is 33.4 Å². The number of halogens is 7. The second kappa shape index (κ2) is 15.0. The molecule has 4 rings (SSSR count). The maximum atomic E-state index is 14.3. The van der Waals surface area contributed by atoms with Crippen LogP contribution in [0.4, 0.5) is 47.8 Å². The van der Waals surface area contributed by atoms with E-state index < -0.39 is 68.6 Å². The van der Waals surface area contributed by atoms with Gasteiger partial charge in [0.25, 0.3) is 17.5 Å². The maximum absolute atomic E-state index is 14.3. The molecule has 9 nitrogen and oxygen atoms in total. The van der Waals surface area contributed by atoms with E-state index in [0.717, 1.165) is 11.8 Å². The van der Waals surface area contributed by atoms with Gasteiger partial charge in [0.2, 0.25) is 5.91 Å². The van der Waals surface area contributed by atoms with E-state index in [2.05, 4.69) is 10.6 Å². The number of benzene rings is 4. The van der Waals surface area contributed by atoms with Crippen molar-refractivity contribution in [1.82, 2.24) is 5.32 Å². The molecule has 0 fully saturated rings. The molecule has 3 N–H and O–H groups in total. The lowest BCUT2D eigenvalue weighted by molar-refractivity contribution is -0.384. The predicted molar refractivity (Wildman–Crippen MR) is 165 cm³/mol. The van der Waals surface area contributed by atoms with Gasteiger partial charge in [0.1, 0.15) is 16.9 Å². The van der Waals surface area contributed by atoms with E-state index in [1.165, 1.54) is 73.7 Å². The fraction of sp³-hybridized carbons (Fsp3) is 0.0938. The summed E-state index contributed by atoms with van der Waals surface area (Å²) in [5, 5.41) is 16.4. The number of carbonyl (C=O) groups is 3. The van der Waals surface area contributed by atoms with Crippen molar-refractivity contribution in [2.45, 2.75) is 23.2 Å². The Morgan fingerprint density at radius 3 is 2.02 bits per heavy atom. The molecule has 0 aliphatic rings. The zero-order valence-electron chi connectivity index (χ0n) is 24.7. The Kier molecular flexibility index (Phi) is 11.1. The summed E-state index contributed by atoms with van der Waals surface area (Å²) in [4.78, 5) is 49.5. The van der Waals surface area contributed by atoms with Crippen molar-refractivity contribution in [3.63, 3.8) is 0 Å². The highest BCUT2D eigenvalue weighted by Gasteiger charge is 2.42. The Morgan fingerprint density at radius 1 is 0.837 bits per heavy atom. The molecule has 0 aliphatic heterocycles. The van der Waals surface area contributed by atoms with Crippen molar-refractivity contribution in [1.29, 1.82) is 0 Å². The van der Waals surface area contributed by atoms with Gasteiger partial charge in [0, 0.05) is 28.3 Å². The van der Waals surface area contributed by atoms with Crippen LogP contribution in [0.3, 0.4) is 0 Å². The van der Waals surface area contributed by atoms with E-state index in [4.69, 9.17) is 0 Å². The van der Waals surface area contributed by atoms with Crippen molar-refractivity contribution in [2.24, 2.45) is 0 Å². The van der Waals surface area contributed by atoms with Crippen molar-refractivity contribution < 1.29 is 50.0 Å². The van der Waals surface area contributed by atoms with Gasteiger partial charge in [0.15, 0.2) is 23.3 Å². The highest BCUT2D eigenvalue weighted by molar-refractivity contribution is 8.00. The van der Waals surface area contributed by atoms with Crippen molar-refractivity contribution in [3.8, 4) is 0 Å². The number of nitrogens with zero attached hydrogens (tertiary/aromatic N) is 1. The Bertz CT molecular complexity index is 1930. The number of anilines is 2. The number of hydrogen-bond acceptors (Lipinski definition) is 6. The van der Waals surface area contributed by atoms with Crippen molar-refractivity contribution in [3.05, 3.63) is 135 Å². The summed E-state index contributed by atoms with van der Waals surface area (Å²) in [6.07, 6.45) is -4.48. The zero-order valence-corrected chi connectivity index (χ0v) is 25.5. The topological polar surface area (TPSA) is 130 Å². The average Bonchev–Trinajstić information content (AvgIpc) is 3.05. The molecule has 3 amide bonds. The zero-order chi connectivity index (χ0) is 36.0. The van der Waals surface area contributed by atoms with Gasteiger partial charge in [-0.25, -0.2) is 17.6 Å². The van der Waals surface area contributed by atoms with Gasteiger partial charge in [-0.05, 0) is 61.0 Å². The van der Waals surface area contributed by atoms with E-state index in [9.17, 15) is 55.2 Å². The number of nitro groups is 1. The monoisotopic (exact) mass is 706 g/mol. The van der Waals surface area contributed by atoms with E-state index in [1.807, 2.05) is 0 Å². The molecule has 0 heterocycles. The first-order valence-electron chi connectivity index (χ1n) is 13.7. The highest BCUT2D eigenvalue weighted by atomic mass is 32.2. The van der Waals surface area contributed by atoms with E-state index in [1.54, 1.807) is 23.5 Å². The first-order valence-corrected chi connectivity index (χ1v) is 14.6. The van der Waals surface area contributed by atoms with Crippen LogP contribution in [-0.4, -0.2) is 27.9 Å². The molecule has 0 saturated heterocycles. The Hall–Kier alpha value is -5.71. The molecule has 1 unspecified atom stereocenters. The first-order chi connectivity index (χ1) is 23.1. The second-order valence-corrected chi connectivity index (χ2v) is 11.4. The van der Waals surface area contributed by atoms with Crippen molar-refractivity contribution in [2.75, 3.05) is 10.6 Å². The molecule has 1 atom stereocenters. The van der Waals surface area contributed by atoms with Crippen LogP contribution in [0.25, 0.3) is 6.08 Å². The molecule has 4 aromatic rings. The molecule has 254 valence electrons. The number of hydrogen-bond donors (Lipinski definition) is 3. The maximum Gasteiger partial charge on any atom is 0.422 e. The minimum absolute atomic E-state index is 0.134. The third-order valence-electron chi connectivity index (χ3n) is 6.51. The number of nitro benzene ring substituents is 1. The van der Waals surface area contributed by atoms with Gasteiger partial charge in [-0.3, -0.25) is 24.5 Å². The fourth-order valence-corrected chi connectivity index (χ4v) is 5.05. The van der Waals surface area contributed by atoms with Crippen LogP contribution in [0.2, 0.25) is 0 Å². The number of thioether (sulfide) groups is 1. The number of nitrogens with one attached hydrogen (secondary N) is 3. The molecule has 4 aromatic carbocycles. The molecule has 17 heteroatoms. The Balaban J connectivity index is 1.52. The molecule has 49 heavy (non-hydrogen) atoms. The van der Waals surface area contributed by atoms with Crippen LogP contribution >= 0.6 is 11.8 Å². The molecule has 0 spiro atoms. The lowest BCUT2D eigenvalue weighted by atomic mass is 10.1. The fourth-order valence-electron chi connectivity index (χ4n) is 4.12. The highest BCUT2D eigenvalue weighted by Crippen LogP contribution is 2.39. The quantitative estimate of drug-likeness (QED) is 0.0387. The number of alkyl halides is 3. The van der Waals surface area contributed by atoms with Gasteiger partial charge in [-0.2, -0.15) is 13.2 Å². The van der Waals surface area contributed by atoms with Crippen LogP contribution in [0.1, 0.15) is 28.4 Å². The predicted octanol–water partition coefficient (Wildman–Crippen LogP) is 7.70. The molecule has 0 radical (unpaired) electrons. The largest absolute Gasteiger partial charge is 0.422 e. The molecule has 0 aromatic heterocycles. The van der Waals surface area contributed by atoms with Crippen LogP contribution in [0.5, 0.6) is 0 Å². The standard InChI is InChI=1S/C32H21F7N4O5S/c1-16(29(44)42-28-26(35)24(33)23(32(37,38)39)25(34)27(28)36)49-21-9-5-8-19(15-21)40-31(46)22(41-30(45)18-6-3-2-4-7-18)14-17-10-12-20(13-11-17)43(47)48/h2-16H,1H3,(H,40,46)(H,41,45)(H,42,44)/b22-14+. The summed E-state index contributed by atoms with van der Waals surface area (Å²) in [7, 11) is 0. The summed E-state index contributed by atoms with van der Waals surface area (Å²) < 4.78 is 95.2. The second-order valence-electron chi connectivity index (χ2n) is 9.96. The van der Waals surface area contributed by atoms with Crippen LogP contribution < -0.4 is 16.0 Å². The normalized spacial score (nSPS) is 12.2. The van der Waals surface area contributed by atoms with Gasteiger partial charge in [0.05, 0.1) is 10.2 Å². The molecule has 0 aliphatic carbocycles.